The Morgan fingerprint density at radius 2 is 2.22 bits per heavy atom. The van der Waals surface area contributed by atoms with E-state index in [2.05, 4.69) is 30.3 Å². The molecule has 0 atom stereocenters. The average Bonchev–Trinajstić information content (AvgIpc) is 2.76. The van der Waals surface area contributed by atoms with Gasteiger partial charge in [-0.3, -0.25) is 0 Å². The van der Waals surface area contributed by atoms with Gasteiger partial charge in [-0.05, 0) is 43.5 Å². The molecule has 4 heteroatoms. The molecule has 96 valence electrons. The van der Waals surface area contributed by atoms with Gasteiger partial charge in [0.1, 0.15) is 0 Å². The summed E-state index contributed by atoms with van der Waals surface area (Å²) in [5.74, 6) is 0.935. The van der Waals surface area contributed by atoms with Crippen molar-refractivity contribution in [1.82, 2.24) is 4.98 Å². The van der Waals surface area contributed by atoms with Crippen LogP contribution in [0.5, 0.6) is 0 Å². The van der Waals surface area contributed by atoms with Crippen LogP contribution in [0.2, 0.25) is 0 Å². The van der Waals surface area contributed by atoms with E-state index in [0.717, 1.165) is 24.3 Å². The molecule has 0 aliphatic heterocycles. The Balaban J connectivity index is 1.97. The van der Waals surface area contributed by atoms with E-state index in [0.29, 0.717) is 0 Å². The fourth-order valence-electron chi connectivity index (χ4n) is 1.73. The van der Waals surface area contributed by atoms with Gasteiger partial charge in [-0.15, -0.1) is 23.1 Å². The standard InChI is InChI=1S/C14H18N2S2/c1-3-4-14-16-12(9-18-14)8-17-13-6-5-11(15)7-10(13)2/h5-7,9H,3-4,8,15H2,1-2H3. The lowest BCUT2D eigenvalue weighted by Crippen LogP contribution is -1.88. The highest BCUT2D eigenvalue weighted by molar-refractivity contribution is 7.98. The zero-order valence-electron chi connectivity index (χ0n) is 10.8. The molecule has 0 saturated heterocycles. The predicted octanol–water partition coefficient (Wildman–Crippen LogP) is 4.28. The van der Waals surface area contributed by atoms with Crippen LogP contribution < -0.4 is 5.73 Å². The van der Waals surface area contributed by atoms with Gasteiger partial charge in [0.2, 0.25) is 0 Å². The summed E-state index contributed by atoms with van der Waals surface area (Å²) in [4.78, 5) is 5.92. The highest BCUT2D eigenvalue weighted by Gasteiger charge is 2.04. The Labute approximate surface area is 117 Å². The van der Waals surface area contributed by atoms with Gasteiger partial charge < -0.3 is 5.73 Å². The molecule has 18 heavy (non-hydrogen) atoms. The molecule has 0 fully saturated rings. The van der Waals surface area contributed by atoms with Crippen LogP contribution in [-0.2, 0) is 12.2 Å². The topological polar surface area (TPSA) is 38.9 Å². The number of thioether (sulfide) groups is 1. The molecule has 1 aromatic heterocycles. The minimum absolute atomic E-state index is 0.829. The average molecular weight is 278 g/mol. The summed E-state index contributed by atoms with van der Waals surface area (Å²) in [6.07, 6.45) is 2.26. The third-order valence-corrected chi connectivity index (χ3v) is 4.80. The summed E-state index contributed by atoms with van der Waals surface area (Å²) in [5.41, 5.74) is 9.01. The highest BCUT2D eigenvalue weighted by Crippen LogP contribution is 2.27. The summed E-state index contributed by atoms with van der Waals surface area (Å²) in [6, 6.07) is 6.07. The number of rotatable bonds is 5. The fraction of sp³-hybridized carbons (Fsp3) is 0.357. The first-order valence-corrected chi connectivity index (χ1v) is 7.97. The first-order chi connectivity index (χ1) is 8.69. The molecular formula is C14H18N2S2. The van der Waals surface area contributed by atoms with E-state index in [1.165, 1.54) is 21.2 Å². The molecule has 0 unspecified atom stereocenters. The van der Waals surface area contributed by atoms with E-state index < -0.39 is 0 Å². The number of benzene rings is 1. The maximum absolute atomic E-state index is 5.75. The van der Waals surface area contributed by atoms with Crippen LogP contribution in [0.25, 0.3) is 0 Å². The number of anilines is 1. The van der Waals surface area contributed by atoms with Gasteiger partial charge in [0, 0.05) is 21.7 Å². The smallest absolute Gasteiger partial charge is 0.0928 e. The summed E-state index contributed by atoms with van der Waals surface area (Å²) >= 11 is 3.60. The third-order valence-electron chi connectivity index (χ3n) is 2.64. The van der Waals surface area contributed by atoms with Gasteiger partial charge in [0.05, 0.1) is 10.7 Å². The van der Waals surface area contributed by atoms with E-state index in [1.807, 2.05) is 23.9 Å². The maximum Gasteiger partial charge on any atom is 0.0928 e. The SMILES string of the molecule is CCCc1nc(CSc2ccc(N)cc2C)cs1. The Hall–Kier alpha value is -1.00. The lowest BCUT2D eigenvalue weighted by Gasteiger charge is -2.05. The molecule has 0 aliphatic rings. The Bertz CT molecular complexity index is 520. The van der Waals surface area contributed by atoms with E-state index in [9.17, 15) is 0 Å². The molecule has 2 rings (SSSR count). The lowest BCUT2D eigenvalue weighted by atomic mass is 10.2. The molecule has 1 heterocycles. The Morgan fingerprint density at radius 1 is 1.39 bits per heavy atom. The van der Waals surface area contributed by atoms with E-state index >= 15 is 0 Å². The molecule has 1 aromatic carbocycles. The van der Waals surface area contributed by atoms with Crippen molar-refractivity contribution in [2.75, 3.05) is 5.73 Å². The zero-order chi connectivity index (χ0) is 13.0. The van der Waals surface area contributed by atoms with Gasteiger partial charge in [-0.2, -0.15) is 0 Å². The number of nitrogen functional groups attached to an aromatic ring is 1. The predicted molar refractivity (Wildman–Crippen MR) is 81.3 cm³/mol. The quantitative estimate of drug-likeness (QED) is 0.655. The number of nitrogens with two attached hydrogens (primary N) is 1. The Morgan fingerprint density at radius 3 is 2.94 bits per heavy atom. The fourth-order valence-corrected chi connectivity index (χ4v) is 3.64. The van der Waals surface area contributed by atoms with Crippen molar-refractivity contribution in [2.24, 2.45) is 0 Å². The number of hydrogen-bond acceptors (Lipinski definition) is 4. The van der Waals surface area contributed by atoms with Crippen molar-refractivity contribution >= 4 is 28.8 Å². The third kappa shape index (κ3) is 3.50. The van der Waals surface area contributed by atoms with Crippen LogP contribution in [0.3, 0.4) is 0 Å². The van der Waals surface area contributed by atoms with Crippen molar-refractivity contribution in [3.05, 3.63) is 39.8 Å². The van der Waals surface area contributed by atoms with Crippen LogP contribution in [0.1, 0.15) is 29.6 Å². The Kier molecular flexibility index (Phi) is 4.66. The van der Waals surface area contributed by atoms with Crippen LogP contribution in [0.15, 0.2) is 28.5 Å². The van der Waals surface area contributed by atoms with Gasteiger partial charge in [0.25, 0.3) is 0 Å². The molecule has 0 saturated carbocycles. The summed E-state index contributed by atoms with van der Waals surface area (Å²) in [5, 5.41) is 3.42. The largest absolute Gasteiger partial charge is 0.399 e. The second-order valence-corrected chi connectivity index (χ2v) is 6.26. The molecule has 0 amide bonds. The second-order valence-electron chi connectivity index (χ2n) is 4.30. The first kappa shape index (κ1) is 13.4. The van der Waals surface area contributed by atoms with Gasteiger partial charge >= 0.3 is 0 Å². The maximum atomic E-state index is 5.75. The number of nitrogens with zero attached hydrogens (tertiary/aromatic N) is 1. The van der Waals surface area contributed by atoms with Crippen LogP contribution in [-0.4, -0.2) is 4.98 Å². The lowest BCUT2D eigenvalue weighted by molar-refractivity contribution is 0.902. The molecule has 0 aliphatic carbocycles. The van der Waals surface area contributed by atoms with Crippen LogP contribution in [0.4, 0.5) is 5.69 Å². The molecular weight excluding hydrogens is 260 g/mol. The summed E-state index contributed by atoms with van der Waals surface area (Å²) in [6.45, 7) is 4.29. The number of aryl methyl sites for hydroxylation is 2. The second kappa shape index (κ2) is 6.25. The van der Waals surface area contributed by atoms with Gasteiger partial charge in [-0.1, -0.05) is 6.92 Å². The van der Waals surface area contributed by atoms with E-state index in [4.69, 9.17) is 5.73 Å². The first-order valence-electron chi connectivity index (χ1n) is 6.11. The normalized spacial score (nSPS) is 10.8. The zero-order valence-corrected chi connectivity index (χ0v) is 12.4. The van der Waals surface area contributed by atoms with Gasteiger partial charge in [0.15, 0.2) is 0 Å². The van der Waals surface area contributed by atoms with Crippen molar-refractivity contribution in [1.29, 1.82) is 0 Å². The highest BCUT2D eigenvalue weighted by atomic mass is 32.2. The molecule has 0 spiro atoms. The minimum atomic E-state index is 0.829. The molecule has 2 aromatic rings. The van der Waals surface area contributed by atoms with Crippen LogP contribution in [0, 0.1) is 6.92 Å². The monoisotopic (exact) mass is 278 g/mol. The molecule has 2 nitrogen and oxygen atoms in total. The summed E-state index contributed by atoms with van der Waals surface area (Å²) < 4.78 is 0. The number of aromatic nitrogens is 1. The van der Waals surface area contributed by atoms with E-state index in [1.54, 1.807) is 11.3 Å². The van der Waals surface area contributed by atoms with Gasteiger partial charge in [-0.25, -0.2) is 4.98 Å². The van der Waals surface area contributed by atoms with Crippen LogP contribution >= 0.6 is 23.1 Å². The minimum Gasteiger partial charge on any atom is -0.399 e. The van der Waals surface area contributed by atoms with Crippen molar-refractivity contribution in [3.8, 4) is 0 Å². The van der Waals surface area contributed by atoms with Crippen molar-refractivity contribution in [3.63, 3.8) is 0 Å². The molecule has 0 radical (unpaired) electrons. The van der Waals surface area contributed by atoms with Crippen molar-refractivity contribution in [2.45, 2.75) is 37.3 Å². The van der Waals surface area contributed by atoms with E-state index in [-0.39, 0.29) is 0 Å². The number of thiazole rings is 1. The number of hydrogen-bond donors (Lipinski definition) is 1. The van der Waals surface area contributed by atoms with Crippen molar-refractivity contribution < 1.29 is 0 Å². The summed E-state index contributed by atoms with van der Waals surface area (Å²) in [7, 11) is 0. The molecule has 2 N–H and O–H groups in total. The molecule has 0 bridgehead atoms.